The summed E-state index contributed by atoms with van der Waals surface area (Å²) in [4.78, 5) is 0. The molecule has 0 amide bonds. The first-order valence-electron chi connectivity index (χ1n) is 6.58. The normalized spacial score (nSPS) is 10.0. The minimum absolute atomic E-state index is 0.911. The van der Waals surface area contributed by atoms with Crippen molar-refractivity contribution in [1.29, 1.82) is 0 Å². The summed E-state index contributed by atoms with van der Waals surface area (Å²) < 4.78 is 11.4. The van der Waals surface area contributed by atoms with Crippen LogP contribution in [-0.4, -0.2) is 0 Å². The Bertz CT molecular complexity index is 444. The molecule has 2 nitrogen and oxygen atoms in total. The van der Waals surface area contributed by atoms with E-state index in [2.05, 4.69) is 38.1 Å². The summed E-state index contributed by atoms with van der Waals surface area (Å²) in [5.41, 5.74) is 2.66. The molecule has 0 aliphatic carbocycles. The van der Waals surface area contributed by atoms with Crippen LogP contribution in [0.5, 0.6) is 11.5 Å². The average molecular weight is 334 g/mol. The van der Waals surface area contributed by atoms with Crippen molar-refractivity contribution < 1.29 is 29.7 Å². The topological polar surface area (TPSA) is 18.5 Å². The standard InChI is InChI=1S/2C8H10O.Zr/c2*1-2-7-3-5-8(9)6-4-7;/h2*3-6,9H,2H2,1H3;/q;;+2/p-2. The van der Waals surface area contributed by atoms with E-state index in [9.17, 15) is 0 Å². The summed E-state index contributed by atoms with van der Waals surface area (Å²) in [6, 6.07) is 16.5. The third kappa shape index (κ3) is 4.51. The Morgan fingerprint density at radius 1 is 0.684 bits per heavy atom. The zero-order chi connectivity index (χ0) is 13.5. The molecule has 0 heterocycles. The Morgan fingerprint density at radius 3 is 1.37 bits per heavy atom. The van der Waals surface area contributed by atoms with Crippen LogP contribution in [0.2, 0.25) is 0 Å². The third-order valence-corrected chi connectivity index (χ3v) is 4.55. The van der Waals surface area contributed by atoms with E-state index in [1.54, 1.807) is 0 Å². The van der Waals surface area contributed by atoms with Crippen LogP contribution in [0, 0.1) is 0 Å². The van der Waals surface area contributed by atoms with Gasteiger partial charge in [0.15, 0.2) is 0 Å². The van der Waals surface area contributed by atoms with Crippen LogP contribution in [0.25, 0.3) is 0 Å². The molecule has 0 saturated heterocycles. The predicted molar refractivity (Wildman–Crippen MR) is 72.9 cm³/mol. The van der Waals surface area contributed by atoms with Gasteiger partial charge in [0.2, 0.25) is 0 Å². The number of rotatable bonds is 6. The van der Waals surface area contributed by atoms with E-state index in [-0.39, 0.29) is 0 Å². The molecule has 0 atom stereocenters. The molecule has 0 spiro atoms. The molecule has 0 aliphatic heterocycles. The second-order valence-corrected chi connectivity index (χ2v) is 5.70. The SMILES string of the molecule is CCc1ccc([O][Zr][O]c2ccc(CC)cc2)cc1. The molecule has 0 fully saturated rings. The molecule has 2 rings (SSSR count). The Labute approximate surface area is 127 Å². The number of benzene rings is 2. The van der Waals surface area contributed by atoms with Gasteiger partial charge in [-0.1, -0.05) is 0 Å². The molecule has 0 aromatic heterocycles. The molecule has 19 heavy (non-hydrogen) atoms. The van der Waals surface area contributed by atoms with Crippen LogP contribution < -0.4 is 5.63 Å². The van der Waals surface area contributed by atoms with Gasteiger partial charge in [-0.2, -0.15) is 0 Å². The van der Waals surface area contributed by atoms with Crippen molar-refractivity contribution in [2.45, 2.75) is 26.7 Å². The van der Waals surface area contributed by atoms with Gasteiger partial charge in [0, 0.05) is 0 Å². The van der Waals surface area contributed by atoms with Gasteiger partial charge in [-0.3, -0.25) is 0 Å². The summed E-state index contributed by atoms with van der Waals surface area (Å²) in [6.45, 7) is 4.30. The Kier molecular flexibility index (Phi) is 5.66. The quantitative estimate of drug-likeness (QED) is 0.789. The van der Waals surface area contributed by atoms with Crippen LogP contribution >= 0.6 is 0 Å². The van der Waals surface area contributed by atoms with Gasteiger partial charge in [-0.25, -0.2) is 0 Å². The van der Waals surface area contributed by atoms with E-state index in [1.807, 2.05) is 24.3 Å². The summed E-state index contributed by atoms with van der Waals surface area (Å²) in [7, 11) is 0. The summed E-state index contributed by atoms with van der Waals surface area (Å²) in [5.74, 6) is 1.82. The van der Waals surface area contributed by atoms with Gasteiger partial charge in [0.1, 0.15) is 0 Å². The van der Waals surface area contributed by atoms with Crippen molar-refractivity contribution in [3.8, 4) is 11.5 Å². The average Bonchev–Trinajstić information content (AvgIpc) is 2.49. The molecule has 2 aromatic carbocycles. The number of hydrogen-bond acceptors (Lipinski definition) is 2. The Balaban J connectivity index is 1.81. The van der Waals surface area contributed by atoms with E-state index in [4.69, 9.17) is 5.63 Å². The van der Waals surface area contributed by atoms with Gasteiger partial charge in [-0.05, 0) is 0 Å². The third-order valence-electron chi connectivity index (χ3n) is 2.98. The fraction of sp³-hybridized carbons (Fsp3) is 0.250. The molecule has 0 unspecified atom stereocenters. The van der Waals surface area contributed by atoms with Crippen molar-refractivity contribution in [2.75, 3.05) is 0 Å². The molecule has 0 bridgehead atoms. The first-order valence-corrected chi connectivity index (χ1v) is 8.59. The summed E-state index contributed by atoms with van der Waals surface area (Å²) >= 11 is -1.30. The zero-order valence-corrected chi connectivity index (χ0v) is 13.8. The monoisotopic (exact) mass is 332 g/mol. The summed E-state index contributed by atoms with van der Waals surface area (Å²) in [5, 5.41) is 0. The summed E-state index contributed by atoms with van der Waals surface area (Å²) in [6.07, 6.45) is 2.11. The van der Waals surface area contributed by atoms with Gasteiger partial charge < -0.3 is 0 Å². The number of aryl methyl sites for hydroxylation is 2. The molecule has 0 radical (unpaired) electrons. The van der Waals surface area contributed by atoms with E-state index in [0.29, 0.717) is 0 Å². The molecular formula is C16H18O2Zr. The van der Waals surface area contributed by atoms with Crippen molar-refractivity contribution in [1.82, 2.24) is 0 Å². The van der Waals surface area contributed by atoms with Crippen LogP contribution in [0.4, 0.5) is 0 Å². The first-order chi connectivity index (χ1) is 9.31. The van der Waals surface area contributed by atoms with Crippen LogP contribution in [0.3, 0.4) is 0 Å². The van der Waals surface area contributed by atoms with E-state index < -0.39 is 24.1 Å². The van der Waals surface area contributed by atoms with E-state index in [0.717, 1.165) is 24.3 Å². The molecule has 0 N–H and O–H groups in total. The fourth-order valence-electron chi connectivity index (χ4n) is 1.70. The van der Waals surface area contributed by atoms with Crippen LogP contribution in [0.15, 0.2) is 48.5 Å². The fourth-order valence-corrected chi connectivity index (χ4v) is 2.95. The van der Waals surface area contributed by atoms with Gasteiger partial charge in [0.05, 0.1) is 0 Å². The maximum atomic E-state index is 5.71. The van der Waals surface area contributed by atoms with E-state index in [1.165, 1.54) is 11.1 Å². The molecule has 0 aliphatic rings. The second kappa shape index (κ2) is 7.50. The molecule has 98 valence electrons. The molecule has 3 heteroatoms. The molecular weight excluding hydrogens is 315 g/mol. The van der Waals surface area contributed by atoms with Crippen molar-refractivity contribution in [2.24, 2.45) is 0 Å². The molecule has 2 aromatic rings. The van der Waals surface area contributed by atoms with Crippen LogP contribution in [0.1, 0.15) is 25.0 Å². The number of hydrogen-bond donors (Lipinski definition) is 0. The van der Waals surface area contributed by atoms with E-state index >= 15 is 0 Å². The van der Waals surface area contributed by atoms with Crippen LogP contribution in [-0.2, 0) is 37.0 Å². The zero-order valence-electron chi connectivity index (χ0n) is 11.3. The van der Waals surface area contributed by atoms with Gasteiger partial charge in [-0.15, -0.1) is 0 Å². The van der Waals surface area contributed by atoms with Crippen molar-refractivity contribution in [3.63, 3.8) is 0 Å². The maximum absolute atomic E-state index is 5.71. The molecule has 0 saturated carbocycles. The van der Waals surface area contributed by atoms with Gasteiger partial charge in [0.25, 0.3) is 0 Å². The second-order valence-electron chi connectivity index (χ2n) is 4.28. The Hall–Kier alpha value is -1.08. The van der Waals surface area contributed by atoms with Crippen molar-refractivity contribution >= 4 is 0 Å². The Morgan fingerprint density at radius 2 is 1.05 bits per heavy atom. The van der Waals surface area contributed by atoms with Crippen molar-refractivity contribution in [3.05, 3.63) is 59.7 Å². The first kappa shape index (κ1) is 14.3. The van der Waals surface area contributed by atoms with Gasteiger partial charge >= 0.3 is 128 Å². The predicted octanol–water partition coefficient (Wildman–Crippen LogP) is 4.18. The minimum atomic E-state index is -1.30.